The number of aromatic amines is 1. The maximum atomic E-state index is 12.7. The summed E-state index contributed by atoms with van der Waals surface area (Å²) >= 11 is 0. The van der Waals surface area contributed by atoms with E-state index in [1.165, 1.54) is 16.8 Å². The van der Waals surface area contributed by atoms with Crippen LogP contribution in [0.15, 0.2) is 53.3 Å². The van der Waals surface area contributed by atoms with Crippen molar-refractivity contribution in [2.75, 3.05) is 36.5 Å². The summed E-state index contributed by atoms with van der Waals surface area (Å²) in [7, 11) is 1.72. The van der Waals surface area contributed by atoms with E-state index in [1.807, 2.05) is 6.07 Å². The van der Waals surface area contributed by atoms with Gasteiger partial charge in [0.25, 0.3) is 5.56 Å². The van der Waals surface area contributed by atoms with Gasteiger partial charge in [-0.1, -0.05) is 30.3 Å². The first-order valence-electron chi connectivity index (χ1n) is 12.5. The van der Waals surface area contributed by atoms with Crippen LogP contribution < -0.4 is 20.1 Å². The first kappa shape index (κ1) is 21.3. The van der Waals surface area contributed by atoms with E-state index in [2.05, 4.69) is 57.2 Å². The molecule has 3 heterocycles. The van der Waals surface area contributed by atoms with Crippen molar-refractivity contribution in [1.29, 1.82) is 0 Å². The standard InChI is InChI=1S/C28H32N4O2/c1-34-21-8-6-7-20(17-21)18-32-19-28(23-10-3-5-12-25(23)32)13-15-31(16-14-28)27-29-24-11-4-2-9-22(24)26(33)30-27/h3,5-8,10,12,17H,2,4,9,11,13-16,18-19H2,1H3,(H,29,30,33). The van der Waals surface area contributed by atoms with Gasteiger partial charge in [0.05, 0.1) is 12.8 Å². The zero-order valence-corrected chi connectivity index (χ0v) is 19.8. The normalized spacial score (nSPS) is 18.6. The Morgan fingerprint density at radius 3 is 2.74 bits per heavy atom. The second-order valence-corrected chi connectivity index (χ2v) is 10.0. The van der Waals surface area contributed by atoms with Gasteiger partial charge >= 0.3 is 0 Å². The number of H-pyrrole nitrogens is 1. The number of para-hydroxylation sites is 1. The summed E-state index contributed by atoms with van der Waals surface area (Å²) in [5, 5.41) is 0. The maximum Gasteiger partial charge on any atom is 0.255 e. The van der Waals surface area contributed by atoms with E-state index >= 15 is 0 Å². The molecule has 176 valence electrons. The third-order valence-corrected chi connectivity index (χ3v) is 8.02. The lowest BCUT2D eigenvalue weighted by Gasteiger charge is -2.40. The number of aryl methyl sites for hydroxylation is 1. The molecule has 1 N–H and O–H groups in total. The number of piperidine rings is 1. The molecule has 0 amide bonds. The molecule has 1 fully saturated rings. The maximum absolute atomic E-state index is 12.7. The molecule has 0 radical (unpaired) electrons. The number of aromatic nitrogens is 2. The number of benzene rings is 2. The number of anilines is 2. The number of rotatable bonds is 4. The minimum absolute atomic E-state index is 0.0654. The molecule has 0 atom stereocenters. The molecule has 6 nitrogen and oxygen atoms in total. The smallest absolute Gasteiger partial charge is 0.255 e. The Bertz CT molecular complexity index is 1260. The van der Waals surface area contributed by atoms with Crippen molar-refractivity contribution in [1.82, 2.24) is 9.97 Å². The van der Waals surface area contributed by atoms with Crippen LogP contribution in [-0.2, 0) is 24.8 Å². The highest BCUT2D eigenvalue weighted by molar-refractivity contribution is 5.63. The van der Waals surface area contributed by atoms with Gasteiger partial charge in [-0.3, -0.25) is 9.78 Å². The summed E-state index contributed by atoms with van der Waals surface area (Å²) in [6, 6.07) is 17.3. The van der Waals surface area contributed by atoms with Gasteiger partial charge in [0.1, 0.15) is 5.75 Å². The fourth-order valence-electron chi connectivity index (χ4n) is 6.18. The summed E-state index contributed by atoms with van der Waals surface area (Å²) in [5.74, 6) is 1.67. The molecule has 0 saturated carbocycles. The van der Waals surface area contributed by atoms with E-state index in [0.717, 1.165) is 87.7 Å². The van der Waals surface area contributed by atoms with E-state index in [-0.39, 0.29) is 11.0 Å². The number of fused-ring (bicyclic) bond motifs is 3. The first-order valence-corrected chi connectivity index (χ1v) is 12.5. The van der Waals surface area contributed by atoms with Crippen LogP contribution in [0.2, 0.25) is 0 Å². The Hall–Kier alpha value is -3.28. The molecule has 34 heavy (non-hydrogen) atoms. The van der Waals surface area contributed by atoms with Gasteiger partial charge in [-0.2, -0.15) is 0 Å². The Morgan fingerprint density at radius 2 is 1.88 bits per heavy atom. The van der Waals surface area contributed by atoms with E-state index in [9.17, 15) is 4.79 Å². The summed E-state index contributed by atoms with van der Waals surface area (Å²) < 4.78 is 5.44. The molecule has 6 heteroatoms. The highest BCUT2D eigenvalue weighted by atomic mass is 16.5. The van der Waals surface area contributed by atoms with Crippen molar-refractivity contribution in [2.24, 2.45) is 0 Å². The lowest BCUT2D eigenvalue weighted by Crippen LogP contribution is -2.46. The highest BCUT2D eigenvalue weighted by Gasteiger charge is 2.44. The molecular weight excluding hydrogens is 424 g/mol. The lowest BCUT2D eigenvalue weighted by atomic mass is 9.74. The van der Waals surface area contributed by atoms with Gasteiger partial charge in [0.15, 0.2) is 0 Å². The fourth-order valence-corrected chi connectivity index (χ4v) is 6.18. The molecule has 2 aromatic carbocycles. The molecule has 1 spiro atoms. The second kappa shape index (κ2) is 8.49. The molecule has 3 aliphatic rings. The van der Waals surface area contributed by atoms with Gasteiger partial charge in [-0.05, 0) is 67.9 Å². The number of hydrogen-bond acceptors (Lipinski definition) is 5. The van der Waals surface area contributed by atoms with E-state index in [1.54, 1.807) is 7.11 Å². The van der Waals surface area contributed by atoms with Gasteiger partial charge in [0.2, 0.25) is 5.95 Å². The molecule has 0 unspecified atom stereocenters. The summed E-state index contributed by atoms with van der Waals surface area (Å²) in [6.45, 7) is 3.71. The number of nitrogens with zero attached hydrogens (tertiary/aromatic N) is 3. The van der Waals surface area contributed by atoms with Crippen molar-refractivity contribution < 1.29 is 4.74 Å². The van der Waals surface area contributed by atoms with Gasteiger partial charge in [0, 0.05) is 42.8 Å². The predicted molar refractivity (Wildman–Crippen MR) is 135 cm³/mol. The van der Waals surface area contributed by atoms with Crippen molar-refractivity contribution in [3.05, 3.63) is 81.3 Å². The van der Waals surface area contributed by atoms with Gasteiger partial charge in [-0.25, -0.2) is 4.98 Å². The van der Waals surface area contributed by atoms with Gasteiger partial charge in [-0.15, -0.1) is 0 Å². The van der Waals surface area contributed by atoms with E-state index in [0.29, 0.717) is 0 Å². The van der Waals surface area contributed by atoms with Crippen LogP contribution in [-0.4, -0.2) is 36.7 Å². The third-order valence-electron chi connectivity index (χ3n) is 8.02. The summed E-state index contributed by atoms with van der Waals surface area (Å²) in [4.78, 5) is 25.5. The van der Waals surface area contributed by atoms with Crippen molar-refractivity contribution >= 4 is 11.6 Å². The summed E-state index contributed by atoms with van der Waals surface area (Å²) in [5.41, 5.74) is 6.20. The van der Waals surface area contributed by atoms with Crippen molar-refractivity contribution in [3.8, 4) is 5.75 Å². The Labute approximate surface area is 200 Å². The van der Waals surface area contributed by atoms with Gasteiger partial charge < -0.3 is 14.5 Å². The molecule has 6 rings (SSSR count). The predicted octanol–water partition coefficient (Wildman–Crippen LogP) is 4.22. The number of nitrogens with one attached hydrogen (secondary N) is 1. The Balaban J connectivity index is 1.23. The fraction of sp³-hybridized carbons (Fsp3) is 0.429. The Morgan fingerprint density at radius 1 is 1.06 bits per heavy atom. The van der Waals surface area contributed by atoms with Crippen LogP contribution in [0.25, 0.3) is 0 Å². The largest absolute Gasteiger partial charge is 0.497 e. The third kappa shape index (κ3) is 3.65. The molecule has 1 aliphatic carbocycles. The molecule has 2 aliphatic heterocycles. The number of ether oxygens (including phenoxy) is 1. The monoisotopic (exact) mass is 456 g/mol. The van der Waals surface area contributed by atoms with E-state index < -0.39 is 0 Å². The zero-order valence-electron chi connectivity index (χ0n) is 19.8. The zero-order chi connectivity index (χ0) is 23.1. The lowest BCUT2D eigenvalue weighted by molar-refractivity contribution is 0.347. The molecular formula is C28H32N4O2. The quantitative estimate of drug-likeness (QED) is 0.637. The Kier molecular flexibility index (Phi) is 5.31. The minimum atomic E-state index is 0.0654. The van der Waals surface area contributed by atoms with Crippen LogP contribution in [0.4, 0.5) is 11.6 Å². The van der Waals surface area contributed by atoms with Crippen LogP contribution >= 0.6 is 0 Å². The summed E-state index contributed by atoms with van der Waals surface area (Å²) in [6.07, 6.45) is 6.12. The molecule has 1 saturated heterocycles. The number of methoxy groups -OCH3 is 1. The molecule has 0 bridgehead atoms. The minimum Gasteiger partial charge on any atom is -0.497 e. The first-order chi connectivity index (χ1) is 16.6. The van der Waals surface area contributed by atoms with Crippen LogP contribution in [0.3, 0.4) is 0 Å². The van der Waals surface area contributed by atoms with Crippen LogP contribution in [0.5, 0.6) is 5.75 Å². The molecule has 3 aromatic rings. The van der Waals surface area contributed by atoms with Crippen LogP contribution in [0.1, 0.15) is 48.1 Å². The topological polar surface area (TPSA) is 61.5 Å². The average molecular weight is 457 g/mol. The average Bonchev–Trinajstić information content (AvgIpc) is 3.17. The van der Waals surface area contributed by atoms with Crippen molar-refractivity contribution in [3.63, 3.8) is 0 Å². The SMILES string of the molecule is COc1cccc(CN2CC3(CCN(c4nc5c(c(=O)[nH]4)CCCC5)CC3)c3ccccc32)c1. The van der Waals surface area contributed by atoms with Crippen LogP contribution in [0, 0.1) is 0 Å². The molecule has 1 aromatic heterocycles. The highest BCUT2D eigenvalue weighted by Crippen LogP contribution is 2.47. The van der Waals surface area contributed by atoms with E-state index in [4.69, 9.17) is 9.72 Å². The number of hydrogen-bond donors (Lipinski definition) is 1. The second-order valence-electron chi connectivity index (χ2n) is 10.0. The van der Waals surface area contributed by atoms with Crippen molar-refractivity contribution in [2.45, 2.75) is 50.5 Å².